The van der Waals surface area contributed by atoms with Crippen LogP contribution in [0.4, 0.5) is 25.8 Å². The summed E-state index contributed by atoms with van der Waals surface area (Å²) in [6, 6.07) is 30.6. The lowest BCUT2D eigenvalue weighted by Crippen LogP contribution is -2.40. The van der Waals surface area contributed by atoms with E-state index in [2.05, 4.69) is 0 Å². The van der Waals surface area contributed by atoms with Gasteiger partial charge in [0.15, 0.2) is 0 Å². The lowest BCUT2D eigenvalue weighted by atomic mass is 9.61. The van der Waals surface area contributed by atoms with Gasteiger partial charge in [-0.3, -0.25) is 4.79 Å². The van der Waals surface area contributed by atoms with Crippen LogP contribution in [0.1, 0.15) is 27.8 Å². The molecule has 8 rings (SSSR count). The summed E-state index contributed by atoms with van der Waals surface area (Å²) in [7, 11) is 1.74. The molecule has 1 aromatic heterocycles. The van der Waals surface area contributed by atoms with Gasteiger partial charge in [0, 0.05) is 35.4 Å². The number of hydrogen-bond acceptors (Lipinski definition) is 3. The minimum atomic E-state index is -1.07. The van der Waals surface area contributed by atoms with E-state index < -0.39 is 17.0 Å². The third-order valence-corrected chi connectivity index (χ3v) is 8.63. The number of nitrogens with zero attached hydrogens (tertiary/aromatic N) is 2. The number of aryl methyl sites for hydroxylation is 2. The predicted octanol–water partition coefficient (Wildman–Crippen LogP) is 8.40. The number of ether oxygens (including phenoxy) is 1. The van der Waals surface area contributed by atoms with Crippen molar-refractivity contribution in [1.29, 1.82) is 0 Å². The summed E-state index contributed by atoms with van der Waals surface area (Å²) in [5, 5.41) is 1.44. The number of rotatable bonds is 1. The number of pyridine rings is 1. The van der Waals surface area contributed by atoms with Gasteiger partial charge in [-0.15, -0.1) is 0 Å². The zero-order chi connectivity index (χ0) is 28.7. The molecule has 5 aromatic carbocycles. The summed E-state index contributed by atoms with van der Waals surface area (Å²) in [4.78, 5) is 15.2. The summed E-state index contributed by atoms with van der Waals surface area (Å²) in [5.74, 6) is 0.439. The molecule has 0 fully saturated rings. The van der Waals surface area contributed by atoms with Crippen LogP contribution in [-0.2, 0) is 12.5 Å². The topological polar surface area (TPSA) is 34.5 Å². The molecule has 6 aromatic rings. The molecule has 2 aliphatic rings. The molecule has 0 saturated carbocycles. The Hall–Kier alpha value is -5.23. The Morgan fingerprint density at radius 1 is 0.667 bits per heavy atom. The Morgan fingerprint density at radius 3 is 1.83 bits per heavy atom. The molecule has 0 bridgehead atoms. The van der Waals surface area contributed by atoms with Gasteiger partial charge in [-0.25, -0.2) is 8.78 Å². The molecule has 2 aliphatic heterocycles. The van der Waals surface area contributed by atoms with Crippen LogP contribution in [0.2, 0.25) is 0 Å². The monoisotopic (exact) mass is 554 g/mol. The predicted molar refractivity (Wildman–Crippen MR) is 160 cm³/mol. The number of anilines is 3. The van der Waals surface area contributed by atoms with Crippen molar-refractivity contribution in [3.05, 3.63) is 159 Å². The zero-order valence-corrected chi connectivity index (χ0v) is 22.9. The van der Waals surface area contributed by atoms with Crippen molar-refractivity contribution in [3.8, 4) is 11.5 Å². The second-order valence-corrected chi connectivity index (χ2v) is 11.0. The zero-order valence-electron chi connectivity index (χ0n) is 22.9. The second kappa shape index (κ2) is 8.63. The molecule has 0 atom stereocenters. The van der Waals surface area contributed by atoms with E-state index in [1.165, 1.54) is 12.1 Å². The van der Waals surface area contributed by atoms with Crippen molar-refractivity contribution in [2.75, 3.05) is 4.90 Å². The smallest absolute Gasteiger partial charge is 0.258 e. The van der Waals surface area contributed by atoms with Crippen LogP contribution in [0.5, 0.6) is 11.5 Å². The molecule has 42 heavy (non-hydrogen) atoms. The van der Waals surface area contributed by atoms with Crippen LogP contribution in [0, 0.1) is 18.6 Å². The van der Waals surface area contributed by atoms with Gasteiger partial charge in [-0.1, -0.05) is 42.5 Å². The maximum absolute atomic E-state index is 15.4. The van der Waals surface area contributed by atoms with Gasteiger partial charge in [0.2, 0.25) is 0 Å². The Morgan fingerprint density at radius 2 is 1.24 bits per heavy atom. The van der Waals surface area contributed by atoms with Crippen molar-refractivity contribution in [2.45, 2.75) is 12.3 Å². The van der Waals surface area contributed by atoms with E-state index in [1.807, 2.05) is 84.8 Å². The van der Waals surface area contributed by atoms with Gasteiger partial charge >= 0.3 is 0 Å². The molecule has 0 amide bonds. The fraction of sp³-hybridized carbons (Fsp3) is 0.0833. The summed E-state index contributed by atoms with van der Waals surface area (Å²) in [5.41, 5.74) is 4.87. The van der Waals surface area contributed by atoms with Gasteiger partial charge in [0.05, 0.1) is 16.8 Å². The number of halogens is 2. The van der Waals surface area contributed by atoms with E-state index in [0.29, 0.717) is 28.0 Å². The maximum atomic E-state index is 15.4. The molecule has 3 heterocycles. The average Bonchev–Trinajstić information content (AvgIpc) is 3.00. The summed E-state index contributed by atoms with van der Waals surface area (Å²) < 4.78 is 38.6. The third-order valence-electron chi connectivity index (χ3n) is 8.63. The highest BCUT2D eigenvalue weighted by atomic mass is 19.1. The van der Waals surface area contributed by atoms with Crippen molar-refractivity contribution in [3.63, 3.8) is 0 Å². The molecule has 0 saturated heterocycles. The number of para-hydroxylation sites is 2. The average molecular weight is 555 g/mol. The fourth-order valence-corrected chi connectivity index (χ4v) is 6.94. The maximum Gasteiger partial charge on any atom is 0.258 e. The number of fused-ring (bicyclic) bond motifs is 9. The number of aromatic nitrogens is 1. The van der Waals surface area contributed by atoms with E-state index in [-0.39, 0.29) is 5.56 Å². The standard InChI is InChI=1S/C36H24F2N2O2/c1-21-20-39(2)35(41)26-19-24(13-14-25(21)26)40-31-15-11-22(37)17-29(31)36(30-18-23(38)12-16-32(30)40)27-7-3-5-9-33(27)42-34-10-6-4-8-28(34)36/h3-20H,1-2H3. The van der Waals surface area contributed by atoms with Crippen molar-refractivity contribution in [1.82, 2.24) is 4.57 Å². The Kier molecular flexibility index (Phi) is 5.05. The van der Waals surface area contributed by atoms with E-state index in [1.54, 1.807) is 35.9 Å². The molecule has 4 nitrogen and oxygen atoms in total. The Balaban J connectivity index is 1.53. The largest absolute Gasteiger partial charge is 0.457 e. The molecule has 204 valence electrons. The van der Waals surface area contributed by atoms with Crippen molar-refractivity contribution >= 4 is 27.8 Å². The quantitative estimate of drug-likeness (QED) is 0.204. The first-order valence-electron chi connectivity index (χ1n) is 13.7. The third kappa shape index (κ3) is 3.17. The van der Waals surface area contributed by atoms with Gasteiger partial charge in [-0.2, -0.15) is 0 Å². The van der Waals surface area contributed by atoms with E-state index in [9.17, 15) is 4.79 Å². The Bertz CT molecular complexity index is 2070. The summed E-state index contributed by atoms with van der Waals surface area (Å²) in [6.07, 6.45) is 1.82. The summed E-state index contributed by atoms with van der Waals surface area (Å²) in [6.45, 7) is 1.97. The van der Waals surface area contributed by atoms with Gasteiger partial charge in [0.1, 0.15) is 23.1 Å². The van der Waals surface area contributed by atoms with Crippen molar-refractivity contribution in [2.24, 2.45) is 7.05 Å². The lowest BCUT2D eigenvalue weighted by molar-refractivity contribution is 0.433. The van der Waals surface area contributed by atoms with Crippen LogP contribution in [0.15, 0.2) is 114 Å². The molecular weight excluding hydrogens is 530 g/mol. The van der Waals surface area contributed by atoms with E-state index in [0.717, 1.165) is 39.1 Å². The highest BCUT2D eigenvalue weighted by Gasteiger charge is 2.51. The SMILES string of the molecule is Cc1cn(C)c(=O)c2cc(N3c4ccc(F)cc4C4(c5ccccc5Oc5ccccc54)c4cc(F)ccc43)ccc12. The highest BCUT2D eigenvalue weighted by molar-refractivity contribution is 5.95. The van der Waals surface area contributed by atoms with Crippen LogP contribution in [0.3, 0.4) is 0 Å². The van der Waals surface area contributed by atoms with Gasteiger partial charge < -0.3 is 14.2 Å². The molecule has 0 unspecified atom stereocenters. The van der Waals surface area contributed by atoms with Crippen LogP contribution in [-0.4, -0.2) is 4.57 Å². The minimum Gasteiger partial charge on any atom is -0.457 e. The fourth-order valence-electron chi connectivity index (χ4n) is 6.94. The normalized spacial score (nSPS) is 14.1. The number of benzene rings is 5. The van der Waals surface area contributed by atoms with Crippen LogP contribution < -0.4 is 15.2 Å². The molecule has 6 heteroatoms. The van der Waals surface area contributed by atoms with Crippen LogP contribution in [0.25, 0.3) is 10.8 Å². The first kappa shape index (κ1) is 24.6. The molecule has 1 spiro atoms. The van der Waals surface area contributed by atoms with E-state index >= 15 is 8.78 Å². The van der Waals surface area contributed by atoms with Crippen LogP contribution >= 0.6 is 0 Å². The van der Waals surface area contributed by atoms with E-state index in [4.69, 9.17) is 4.74 Å². The minimum absolute atomic E-state index is 0.114. The summed E-state index contributed by atoms with van der Waals surface area (Å²) >= 11 is 0. The Labute approximate surface area is 240 Å². The first-order chi connectivity index (χ1) is 20.4. The lowest BCUT2D eigenvalue weighted by Gasteiger charge is -2.48. The van der Waals surface area contributed by atoms with Crippen molar-refractivity contribution < 1.29 is 13.5 Å². The second-order valence-electron chi connectivity index (χ2n) is 11.0. The molecular formula is C36H24F2N2O2. The highest BCUT2D eigenvalue weighted by Crippen LogP contribution is 2.62. The van der Waals surface area contributed by atoms with Gasteiger partial charge in [-0.05, 0) is 89.7 Å². The first-order valence-corrected chi connectivity index (χ1v) is 13.7. The molecule has 0 radical (unpaired) electrons. The number of hydrogen-bond donors (Lipinski definition) is 0. The van der Waals surface area contributed by atoms with Gasteiger partial charge in [0.25, 0.3) is 5.56 Å². The molecule has 0 aliphatic carbocycles. The molecule has 0 N–H and O–H groups in total.